The SMILES string of the molecule is NNc1ncc([N+](=O)[O-])c(NCC(O)CO)n1. The highest BCUT2D eigenvalue weighted by atomic mass is 16.6. The van der Waals surface area contributed by atoms with E-state index in [0.717, 1.165) is 6.20 Å². The Hall–Kier alpha value is -2.04. The zero-order chi connectivity index (χ0) is 12.8. The van der Waals surface area contributed by atoms with Crippen LogP contribution in [0.4, 0.5) is 17.5 Å². The Kier molecular flexibility index (Phi) is 4.51. The Morgan fingerprint density at radius 1 is 1.65 bits per heavy atom. The monoisotopic (exact) mass is 244 g/mol. The number of nitrogens with zero attached hydrogens (tertiary/aromatic N) is 3. The van der Waals surface area contributed by atoms with E-state index in [-0.39, 0.29) is 24.0 Å². The zero-order valence-electron chi connectivity index (χ0n) is 8.70. The van der Waals surface area contributed by atoms with E-state index in [0.29, 0.717) is 0 Å². The number of rotatable bonds is 6. The molecule has 6 N–H and O–H groups in total. The van der Waals surface area contributed by atoms with Gasteiger partial charge in [-0.25, -0.2) is 10.8 Å². The Balaban J connectivity index is 2.89. The molecule has 0 fully saturated rings. The molecule has 0 aliphatic rings. The highest BCUT2D eigenvalue weighted by Crippen LogP contribution is 2.21. The molecule has 0 saturated carbocycles. The predicted octanol–water partition coefficient (Wildman–Crippen LogP) is -1.56. The second kappa shape index (κ2) is 5.89. The third-order valence-electron chi connectivity index (χ3n) is 1.81. The summed E-state index contributed by atoms with van der Waals surface area (Å²) in [6.45, 7) is -0.549. The van der Waals surface area contributed by atoms with Crippen LogP contribution in [0.25, 0.3) is 0 Å². The van der Waals surface area contributed by atoms with Crippen LogP contribution in [0.3, 0.4) is 0 Å². The minimum Gasteiger partial charge on any atom is -0.394 e. The summed E-state index contributed by atoms with van der Waals surface area (Å²) in [5.41, 5.74) is 1.79. The van der Waals surface area contributed by atoms with Crippen LogP contribution in [0.5, 0.6) is 0 Å². The number of nitrogens with two attached hydrogens (primary N) is 1. The van der Waals surface area contributed by atoms with Crippen molar-refractivity contribution in [2.45, 2.75) is 6.10 Å². The summed E-state index contributed by atoms with van der Waals surface area (Å²) in [5.74, 6) is 4.97. The molecule has 10 nitrogen and oxygen atoms in total. The van der Waals surface area contributed by atoms with Gasteiger partial charge in [-0.05, 0) is 0 Å². The predicted molar refractivity (Wildman–Crippen MR) is 58.1 cm³/mol. The largest absolute Gasteiger partial charge is 0.394 e. The van der Waals surface area contributed by atoms with Crippen molar-refractivity contribution < 1.29 is 15.1 Å². The third-order valence-corrected chi connectivity index (χ3v) is 1.81. The molecular weight excluding hydrogens is 232 g/mol. The number of nitrogens with one attached hydrogen (secondary N) is 2. The number of nitrogen functional groups attached to an aromatic ring is 1. The van der Waals surface area contributed by atoms with E-state index in [1.165, 1.54) is 0 Å². The lowest BCUT2D eigenvalue weighted by Gasteiger charge is -2.10. The van der Waals surface area contributed by atoms with E-state index in [1.807, 2.05) is 0 Å². The number of nitro groups is 1. The summed E-state index contributed by atoms with van der Waals surface area (Å²) in [7, 11) is 0. The number of hydrogen-bond donors (Lipinski definition) is 5. The van der Waals surface area contributed by atoms with Crippen molar-refractivity contribution in [2.75, 3.05) is 23.9 Å². The van der Waals surface area contributed by atoms with Crippen LogP contribution < -0.4 is 16.6 Å². The first-order chi connectivity index (χ1) is 8.08. The van der Waals surface area contributed by atoms with Gasteiger partial charge in [0.15, 0.2) is 0 Å². The molecule has 0 aliphatic heterocycles. The summed E-state index contributed by atoms with van der Waals surface area (Å²) in [4.78, 5) is 17.3. The van der Waals surface area contributed by atoms with Crippen molar-refractivity contribution in [1.29, 1.82) is 0 Å². The first-order valence-corrected chi connectivity index (χ1v) is 4.59. The fourth-order valence-corrected chi connectivity index (χ4v) is 0.988. The number of hydrogen-bond acceptors (Lipinski definition) is 9. The quantitative estimate of drug-likeness (QED) is 0.226. The highest BCUT2D eigenvalue weighted by Gasteiger charge is 2.17. The molecule has 0 aromatic carbocycles. The molecule has 1 unspecified atom stereocenters. The summed E-state index contributed by atoms with van der Waals surface area (Å²) in [6.07, 6.45) is -0.0607. The molecule has 1 aromatic heterocycles. The van der Waals surface area contributed by atoms with Crippen LogP contribution >= 0.6 is 0 Å². The maximum Gasteiger partial charge on any atom is 0.329 e. The van der Waals surface area contributed by atoms with Crippen molar-refractivity contribution in [3.63, 3.8) is 0 Å². The van der Waals surface area contributed by atoms with E-state index >= 15 is 0 Å². The molecule has 10 heteroatoms. The molecule has 0 radical (unpaired) electrons. The zero-order valence-corrected chi connectivity index (χ0v) is 8.70. The highest BCUT2D eigenvalue weighted by molar-refractivity contribution is 5.56. The van der Waals surface area contributed by atoms with Crippen molar-refractivity contribution in [2.24, 2.45) is 5.84 Å². The Morgan fingerprint density at radius 3 is 2.88 bits per heavy atom. The van der Waals surface area contributed by atoms with Gasteiger partial charge < -0.3 is 15.5 Å². The van der Waals surface area contributed by atoms with E-state index < -0.39 is 17.6 Å². The van der Waals surface area contributed by atoms with Gasteiger partial charge in [-0.1, -0.05) is 0 Å². The Bertz CT molecular complexity index is 400. The van der Waals surface area contributed by atoms with Crippen LogP contribution in [0.2, 0.25) is 0 Å². The maximum absolute atomic E-state index is 10.7. The molecule has 1 heterocycles. The van der Waals surface area contributed by atoms with Crippen LogP contribution in [-0.4, -0.2) is 44.4 Å². The molecular formula is C7H12N6O4. The fourth-order valence-electron chi connectivity index (χ4n) is 0.988. The summed E-state index contributed by atoms with van der Waals surface area (Å²) in [5, 5.41) is 30.9. The van der Waals surface area contributed by atoms with Crippen molar-refractivity contribution in [1.82, 2.24) is 9.97 Å². The van der Waals surface area contributed by atoms with Crippen molar-refractivity contribution in [3.05, 3.63) is 16.3 Å². The third kappa shape index (κ3) is 3.48. The number of aromatic nitrogens is 2. The van der Waals surface area contributed by atoms with Crippen LogP contribution in [-0.2, 0) is 0 Å². The summed E-state index contributed by atoms with van der Waals surface area (Å²) >= 11 is 0. The standard InChI is InChI=1S/C7H12N6O4/c8-12-7-10-2-5(13(16)17)6(11-7)9-1-4(15)3-14/h2,4,14-15H,1,3,8H2,(H2,9,10,11,12). The average molecular weight is 244 g/mol. The van der Waals surface area contributed by atoms with E-state index in [1.54, 1.807) is 0 Å². The topological polar surface area (TPSA) is 159 Å². The van der Waals surface area contributed by atoms with Gasteiger partial charge in [-0.15, -0.1) is 0 Å². The number of anilines is 2. The lowest BCUT2D eigenvalue weighted by atomic mass is 10.3. The summed E-state index contributed by atoms with van der Waals surface area (Å²) in [6, 6.07) is 0. The maximum atomic E-state index is 10.7. The van der Waals surface area contributed by atoms with E-state index in [2.05, 4.69) is 20.7 Å². The van der Waals surface area contributed by atoms with E-state index in [4.69, 9.17) is 16.1 Å². The molecule has 1 atom stereocenters. The van der Waals surface area contributed by atoms with Gasteiger partial charge in [0.25, 0.3) is 0 Å². The van der Waals surface area contributed by atoms with Gasteiger partial charge in [-0.3, -0.25) is 15.5 Å². The number of aliphatic hydroxyl groups is 2. The number of hydrazine groups is 1. The molecule has 17 heavy (non-hydrogen) atoms. The fraction of sp³-hybridized carbons (Fsp3) is 0.429. The van der Waals surface area contributed by atoms with Crippen LogP contribution in [0.15, 0.2) is 6.20 Å². The van der Waals surface area contributed by atoms with Crippen molar-refractivity contribution >= 4 is 17.5 Å². The smallest absolute Gasteiger partial charge is 0.329 e. The van der Waals surface area contributed by atoms with Crippen LogP contribution in [0.1, 0.15) is 0 Å². The Labute approximate surface area is 95.6 Å². The Morgan fingerprint density at radius 2 is 2.35 bits per heavy atom. The van der Waals surface area contributed by atoms with Crippen LogP contribution in [0, 0.1) is 10.1 Å². The second-order valence-electron chi connectivity index (χ2n) is 3.05. The normalized spacial score (nSPS) is 11.9. The lowest BCUT2D eigenvalue weighted by Crippen LogP contribution is -2.24. The molecule has 0 aliphatic carbocycles. The van der Waals surface area contributed by atoms with Gasteiger partial charge >= 0.3 is 5.69 Å². The van der Waals surface area contributed by atoms with Gasteiger partial charge in [0.2, 0.25) is 11.8 Å². The summed E-state index contributed by atoms with van der Waals surface area (Å²) < 4.78 is 0. The lowest BCUT2D eigenvalue weighted by molar-refractivity contribution is -0.384. The number of aliphatic hydroxyl groups excluding tert-OH is 2. The first kappa shape index (κ1) is 13.0. The molecule has 1 aromatic rings. The van der Waals surface area contributed by atoms with Crippen molar-refractivity contribution in [3.8, 4) is 0 Å². The molecule has 0 saturated heterocycles. The van der Waals surface area contributed by atoms with Gasteiger partial charge in [0.05, 0.1) is 17.6 Å². The van der Waals surface area contributed by atoms with Gasteiger partial charge in [0, 0.05) is 6.54 Å². The van der Waals surface area contributed by atoms with Gasteiger partial charge in [0.1, 0.15) is 6.20 Å². The molecule has 1 rings (SSSR count). The molecule has 0 spiro atoms. The molecule has 0 bridgehead atoms. The minimum absolute atomic E-state index is 0.00316. The molecule has 94 valence electrons. The molecule has 0 amide bonds. The second-order valence-corrected chi connectivity index (χ2v) is 3.05. The average Bonchev–Trinajstić information content (AvgIpc) is 2.35. The first-order valence-electron chi connectivity index (χ1n) is 4.59. The van der Waals surface area contributed by atoms with Gasteiger partial charge in [-0.2, -0.15) is 4.98 Å². The minimum atomic E-state index is -1.04. The van der Waals surface area contributed by atoms with E-state index in [9.17, 15) is 10.1 Å².